The smallest absolute Gasteiger partial charge is 0.419 e. The predicted octanol–water partition coefficient (Wildman–Crippen LogP) is 1.82. The molecule has 108 valence electrons. The lowest BCUT2D eigenvalue weighted by molar-refractivity contribution is -0.139. The second-order valence-electron chi connectivity index (χ2n) is 3.62. The van der Waals surface area contributed by atoms with Gasteiger partial charge in [-0.05, 0) is 24.3 Å². The molecule has 3 N–H and O–H groups in total. The van der Waals surface area contributed by atoms with Crippen LogP contribution in [0.3, 0.4) is 0 Å². The summed E-state index contributed by atoms with van der Waals surface area (Å²) in [6.07, 6.45) is -2.94. The number of benzene rings is 1. The zero-order valence-electron chi connectivity index (χ0n) is 9.98. The monoisotopic (exact) mass is 289 g/mol. The van der Waals surface area contributed by atoms with E-state index in [1.54, 1.807) is 0 Å². The minimum Gasteiger partial charge on any atom is -0.489 e. The summed E-state index contributed by atoms with van der Waals surface area (Å²) >= 11 is 0. The Morgan fingerprint density at radius 3 is 2.50 bits per heavy atom. The molecule has 0 spiro atoms. The number of aliphatic carboxylic acids is 1. The van der Waals surface area contributed by atoms with Crippen molar-refractivity contribution < 1.29 is 32.6 Å². The van der Waals surface area contributed by atoms with Crippen molar-refractivity contribution in [2.24, 2.45) is 5.73 Å². The van der Waals surface area contributed by atoms with Gasteiger partial charge in [0, 0.05) is 11.6 Å². The molecule has 0 fully saturated rings. The van der Waals surface area contributed by atoms with E-state index in [-0.39, 0.29) is 12.2 Å². The molecular formula is C12H10F3NO4. The van der Waals surface area contributed by atoms with Crippen molar-refractivity contribution in [3.63, 3.8) is 0 Å². The van der Waals surface area contributed by atoms with E-state index in [1.807, 2.05) is 0 Å². The summed E-state index contributed by atoms with van der Waals surface area (Å²) < 4.78 is 43.2. The number of carbonyl (C=O) groups excluding carboxylic acids is 1. The Morgan fingerprint density at radius 1 is 1.35 bits per heavy atom. The normalized spacial score (nSPS) is 11.6. The number of hydrogen-bond acceptors (Lipinski definition) is 3. The van der Waals surface area contributed by atoms with Gasteiger partial charge in [-0.2, -0.15) is 13.2 Å². The van der Waals surface area contributed by atoms with Gasteiger partial charge in [-0.1, -0.05) is 0 Å². The molecule has 0 atom stereocenters. The number of nitrogens with two attached hydrogens (primary N) is 1. The van der Waals surface area contributed by atoms with Crippen LogP contribution in [0.1, 0.15) is 15.9 Å². The highest BCUT2D eigenvalue weighted by Crippen LogP contribution is 2.36. The number of carboxylic acids is 1. The van der Waals surface area contributed by atoms with E-state index >= 15 is 0 Å². The fourth-order valence-electron chi connectivity index (χ4n) is 1.32. The Balaban J connectivity index is 3.01. The van der Waals surface area contributed by atoms with Gasteiger partial charge in [0.05, 0.1) is 5.56 Å². The van der Waals surface area contributed by atoms with E-state index in [4.69, 9.17) is 15.6 Å². The van der Waals surface area contributed by atoms with Gasteiger partial charge in [-0.15, -0.1) is 0 Å². The van der Waals surface area contributed by atoms with Crippen molar-refractivity contribution in [1.82, 2.24) is 0 Å². The summed E-state index contributed by atoms with van der Waals surface area (Å²) in [5, 5.41) is 8.32. The number of halogens is 3. The van der Waals surface area contributed by atoms with Gasteiger partial charge >= 0.3 is 12.1 Å². The zero-order valence-corrected chi connectivity index (χ0v) is 9.98. The van der Waals surface area contributed by atoms with Crippen LogP contribution in [0.4, 0.5) is 13.2 Å². The van der Waals surface area contributed by atoms with Crippen LogP contribution in [0.25, 0.3) is 0 Å². The quantitative estimate of drug-likeness (QED) is 0.809. The summed E-state index contributed by atoms with van der Waals surface area (Å²) in [5.74, 6) is -2.75. The molecule has 20 heavy (non-hydrogen) atoms. The van der Waals surface area contributed by atoms with Crippen molar-refractivity contribution >= 4 is 11.9 Å². The summed E-state index contributed by atoms with van der Waals surface area (Å²) in [4.78, 5) is 21.0. The van der Waals surface area contributed by atoms with Crippen LogP contribution in [-0.4, -0.2) is 23.6 Å². The third kappa shape index (κ3) is 4.30. The molecule has 0 unspecified atom stereocenters. The highest BCUT2D eigenvalue weighted by molar-refractivity contribution is 5.93. The first kappa shape index (κ1) is 15.5. The number of carbonyl (C=O) groups is 2. The first-order valence-corrected chi connectivity index (χ1v) is 5.25. The summed E-state index contributed by atoms with van der Waals surface area (Å²) in [5.41, 5.74) is 3.45. The maximum absolute atomic E-state index is 12.8. The molecule has 1 amide bonds. The fraction of sp³-hybridized carbons (Fsp3) is 0.167. The SMILES string of the molecule is NC(=O)c1ccc(OC/C=C/C(=O)O)c(C(F)(F)F)c1. The average Bonchev–Trinajstić information content (AvgIpc) is 2.33. The van der Waals surface area contributed by atoms with Crippen LogP contribution in [0, 0.1) is 0 Å². The minimum atomic E-state index is -4.72. The van der Waals surface area contributed by atoms with Crippen LogP contribution in [0.5, 0.6) is 5.75 Å². The lowest BCUT2D eigenvalue weighted by Crippen LogP contribution is -2.15. The van der Waals surface area contributed by atoms with E-state index in [0.29, 0.717) is 6.07 Å². The Morgan fingerprint density at radius 2 is 2.00 bits per heavy atom. The van der Waals surface area contributed by atoms with Crippen LogP contribution in [-0.2, 0) is 11.0 Å². The van der Waals surface area contributed by atoms with E-state index in [0.717, 1.165) is 24.3 Å². The molecule has 0 saturated carbocycles. The van der Waals surface area contributed by atoms with Crippen molar-refractivity contribution in [2.75, 3.05) is 6.61 Å². The molecule has 0 saturated heterocycles. The second-order valence-corrected chi connectivity index (χ2v) is 3.62. The Kier molecular flexibility index (Phi) is 4.73. The molecule has 1 aromatic carbocycles. The molecule has 0 aromatic heterocycles. The Labute approximate surface area is 111 Å². The molecular weight excluding hydrogens is 279 g/mol. The maximum Gasteiger partial charge on any atom is 0.419 e. The van der Waals surface area contributed by atoms with Gasteiger partial charge in [-0.25, -0.2) is 4.79 Å². The molecule has 1 aromatic rings. The number of ether oxygens (including phenoxy) is 1. The molecule has 8 heteroatoms. The fourth-order valence-corrected chi connectivity index (χ4v) is 1.32. The molecule has 0 aliphatic rings. The van der Waals surface area contributed by atoms with Crippen molar-refractivity contribution in [1.29, 1.82) is 0 Å². The first-order valence-electron chi connectivity index (χ1n) is 5.25. The first-order chi connectivity index (χ1) is 9.21. The van der Waals surface area contributed by atoms with Crippen LogP contribution in [0.2, 0.25) is 0 Å². The number of rotatable bonds is 5. The van der Waals surface area contributed by atoms with Crippen LogP contribution < -0.4 is 10.5 Å². The van der Waals surface area contributed by atoms with Crippen LogP contribution >= 0.6 is 0 Å². The number of primary amides is 1. The number of alkyl halides is 3. The van der Waals surface area contributed by atoms with Gasteiger partial charge in [0.25, 0.3) is 0 Å². The zero-order chi connectivity index (χ0) is 15.3. The summed E-state index contributed by atoms with van der Waals surface area (Å²) in [7, 11) is 0. The predicted molar refractivity (Wildman–Crippen MR) is 62.2 cm³/mol. The molecule has 0 bridgehead atoms. The van der Waals surface area contributed by atoms with Crippen molar-refractivity contribution in [3.8, 4) is 5.75 Å². The van der Waals surface area contributed by atoms with Gasteiger partial charge in [-0.3, -0.25) is 4.79 Å². The Bertz CT molecular complexity index is 552. The minimum absolute atomic E-state index is 0.300. The van der Waals surface area contributed by atoms with Gasteiger partial charge in [0.2, 0.25) is 5.91 Å². The standard InChI is InChI=1S/C12H10F3NO4/c13-12(14,15)8-6-7(11(16)19)3-4-9(8)20-5-1-2-10(17)18/h1-4,6H,5H2,(H2,16,19)(H,17,18)/b2-1+. The van der Waals surface area contributed by atoms with E-state index in [1.165, 1.54) is 0 Å². The van der Waals surface area contributed by atoms with E-state index in [2.05, 4.69) is 0 Å². The Hall–Kier alpha value is -2.51. The summed E-state index contributed by atoms with van der Waals surface area (Å²) in [6.45, 7) is -0.356. The molecule has 5 nitrogen and oxygen atoms in total. The number of amides is 1. The summed E-state index contributed by atoms with van der Waals surface area (Å²) in [6, 6.07) is 2.63. The van der Waals surface area contributed by atoms with Crippen LogP contribution in [0.15, 0.2) is 30.4 Å². The largest absolute Gasteiger partial charge is 0.489 e. The topological polar surface area (TPSA) is 89.6 Å². The molecule has 0 aliphatic carbocycles. The molecule has 0 aliphatic heterocycles. The average molecular weight is 289 g/mol. The second kappa shape index (κ2) is 6.09. The lowest BCUT2D eigenvalue weighted by atomic mass is 10.1. The molecule has 0 heterocycles. The van der Waals surface area contributed by atoms with Crippen molar-refractivity contribution in [3.05, 3.63) is 41.5 Å². The highest BCUT2D eigenvalue weighted by Gasteiger charge is 2.35. The van der Waals surface area contributed by atoms with Crippen molar-refractivity contribution in [2.45, 2.75) is 6.18 Å². The van der Waals surface area contributed by atoms with Gasteiger partial charge < -0.3 is 15.6 Å². The third-order valence-corrected chi connectivity index (χ3v) is 2.16. The highest BCUT2D eigenvalue weighted by atomic mass is 19.4. The molecule has 0 radical (unpaired) electrons. The third-order valence-electron chi connectivity index (χ3n) is 2.16. The number of carboxylic acid groups (broad SMARTS) is 1. The van der Waals surface area contributed by atoms with E-state index in [9.17, 15) is 22.8 Å². The number of hydrogen-bond donors (Lipinski definition) is 2. The van der Waals surface area contributed by atoms with Gasteiger partial charge in [0.1, 0.15) is 12.4 Å². The van der Waals surface area contributed by atoms with Gasteiger partial charge in [0.15, 0.2) is 0 Å². The van der Waals surface area contributed by atoms with E-state index < -0.39 is 29.4 Å². The lowest BCUT2D eigenvalue weighted by Gasteiger charge is -2.13. The molecule has 1 rings (SSSR count). The maximum atomic E-state index is 12.8.